The number of halogens is 2. The van der Waals surface area contributed by atoms with Crippen LogP contribution in [0.1, 0.15) is 31.8 Å². The molecule has 0 aromatic heterocycles. The molecule has 6 nitrogen and oxygen atoms in total. The summed E-state index contributed by atoms with van der Waals surface area (Å²) in [6.07, 6.45) is 0.324. The van der Waals surface area contributed by atoms with Crippen LogP contribution in [0.3, 0.4) is 0 Å². The molecule has 176 valence electrons. The molecule has 8 heteroatoms. The van der Waals surface area contributed by atoms with E-state index in [-0.39, 0.29) is 34.0 Å². The molecular formula is C27H20F2N2O4. The predicted octanol–water partition coefficient (Wildman–Crippen LogP) is 5.47. The molecule has 4 N–H and O–H groups in total. The molecule has 0 fully saturated rings. The molecule has 0 heterocycles. The van der Waals surface area contributed by atoms with Crippen LogP contribution in [-0.2, 0) is 6.42 Å². The first kappa shape index (κ1) is 23.4. The van der Waals surface area contributed by atoms with Crippen molar-refractivity contribution >= 4 is 23.2 Å². The Hall–Kier alpha value is -4.72. The number of nitrogens with one attached hydrogen (secondary N) is 2. The SMILES string of the molecule is O=C(Nc1ccc(Cc2ccc(NC(=O)c3ccccc3F)c(O)c2)cc1O)c1ccccc1F. The van der Waals surface area contributed by atoms with Crippen molar-refractivity contribution in [2.75, 3.05) is 10.6 Å². The number of rotatable bonds is 6. The van der Waals surface area contributed by atoms with Gasteiger partial charge in [-0.25, -0.2) is 8.78 Å². The average molecular weight is 474 g/mol. The largest absolute Gasteiger partial charge is 0.506 e. The van der Waals surface area contributed by atoms with E-state index in [0.29, 0.717) is 17.5 Å². The zero-order valence-corrected chi connectivity index (χ0v) is 18.3. The number of aromatic hydroxyl groups is 2. The van der Waals surface area contributed by atoms with Crippen LogP contribution >= 0.6 is 0 Å². The number of hydrogen-bond acceptors (Lipinski definition) is 4. The molecule has 4 aromatic rings. The number of phenols is 2. The highest BCUT2D eigenvalue weighted by atomic mass is 19.1. The Morgan fingerprint density at radius 3 is 1.40 bits per heavy atom. The Kier molecular flexibility index (Phi) is 6.73. The van der Waals surface area contributed by atoms with Gasteiger partial charge in [0.15, 0.2) is 0 Å². The van der Waals surface area contributed by atoms with Crippen LogP contribution in [0, 0.1) is 11.6 Å². The molecule has 0 bridgehead atoms. The quantitative estimate of drug-likeness (QED) is 0.279. The van der Waals surface area contributed by atoms with Crippen LogP contribution < -0.4 is 10.6 Å². The molecule has 2 amide bonds. The lowest BCUT2D eigenvalue weighted by Gasteiger charge is -2.11. The standard InChI is InChI=1S/C27H20F2N2O4/c28-20-7-3-1-5-18(20)26(34)30-22-11-9-16(14-24(22)32)13-17-10-12-23(25(33)15-17)31-27(35)19-6-2-4-8-21(19)29/h1-12,14-15,32-33H,13H2,(H,30,34)(H,31,35). The van der Waals surface area contributed by atoms with Gasteiger partial charge in [-0.3, -0.25) is 9.59 Å². The Bertz CT molecular complexity index is 1320. The molecule has 35 heavy (non-hydrogen) atoms. The van der Waals surface area contributed by atoms with Crippen molar-refractivity contribution in [2.24, 2.45) is 0 Å². The highest BCUT2D eigenvalue weighted by molar-refractivity contribution is 6.05. The fraction of sp³-hybridized carbons (Fsp3) is 0.0370. The van der Waals surface area contributed by atoms with Crippen LogP contribution in [0.5, 0.6) is 11.5 Å². The lowest BCUT2D eigenvalue weighted by Crippen LogP contribution is -2.14. The second-order valence-electron chi connectivity index (χ2n) is 7.75. The van der Waals surface area contributed by atoms with E-state index in [4.69, 9.17) is 0 Å². The second kappa shape index (κ2) is 10.0. The number of hydrogen-bond donors (Lipinski definition) is 4. The van der Waals surface area contributed by atoms with Crippen molar-refractivity contribution < 1.29 is 28.6 Å². The molecule has 0 saturated carbocycles. The van der Waals surface area contributed by atoms with E-state index in [9.17, 15) is 28.6 Å². The highest BCUT2D eigenvalue weighted by Gasteiger charge is 2.15. The number of anilines is 2. The molecule has 4 aromatic carbocycles. The van der Waals surface area contributed by atoms with Crippen LogP contribution in [0.4, 0.5) is 20.2 Å². The van der Waals surface area contributed by atoms with Gasteiger partial charge in [-0.05, 0) is 66.1 Å². The molecule has 0 saturated heterocycles. The Morgan fingerprint density at radius 2 is 1.03 bits per heavy atom. The molecule has 0 aliphatic carbocycles. The van der Waals surface area contributed by atoms with E-state index in [1.165, 1.54) is 72.8 Å². The average Bonchev–Trinajstić information content (AvgIpc) is 2.83. The smallest absolute Gasteiger partial charge is 0.258 e. The molecular weight excluding hydrogens is 454 g/mol. The Morgan fingerprint density at radius 1 is 0.629 bits per heavy atom. The lowest BCUT2D eigenvalue weighted by atomic mass is 10.0. The van der Waals surface area contributed by atoms with Crippen LogP contribution in [0.25, 0.3) is 0 Å². The molecule has 0 radical (unpaired) electrons. The van der Waals surface area contributed by atoms with Gasteiger partial charge in [0.2, 0.25) is 0 Å². The summed E-state index contributed by atoms with van der Waals surface area (Å²) in [5.74, 6) is -3.13. The molecule has 0 spiro atoms. The minimum Gasteiger partial charge on any atom is -0.506 e. The summed E-state index contributed by atoms with van der Waals surface area (Å²) in [6, 6.07) is 20.2. The first-order valence-electron chi connectivity index (χ1n) is 10.6. The van der Waals surface area contributed by atoms with Gasteiger partial charge in [-0.15, -0.1) is 0 Å². The number of benzene rings is 4. The van der Waals surface area contributed by atoms with Gasteiger partial charge in [0, 0.05) is 0 Å². The second-order valence-corrected chi connectivity index (χ2v) is 7.75. The fourth-order valence-corrected chi connectivity index (χ4v) is 3.49. The monoisotopic (exact) mass is 474 g/mol. The summed E-state index contributed by atoms with van der Waals surface area (Å²) in [6.45, 7) is 0. The molecule has 4 rings (SSSR count). The lowest BCUT2D eigenvalue weighted by molar-refractivity contribution is 0.101. The molecule has 0 unspecified atom stereocenters. The zero-order chi connectivity index (χ0) is 24.9. The van der Waals surface area contributed by atoms with E-state index in [0.717, 1.165) is 0 Å². The van der Waals surface area contributed by atoms with Crippen molar-refractivity contribution in [3.05, 3.63) is 119 Å². The van der Waals surface area contributed by atoms with E-state index in [1.807, 2.05) is 0 Å². The first-order valence-corrected chi connectivity index (χ1v) is 10.6. The minimum absolute atomic E-state index is 0.121. The van der Waals surface area contributed by atoms with Crippen LogP contribution in [-0.4, -0.2) is 22.0 Å². The summed E-state index contributed by atoms with van der Waals surface area (Å²) < 4.78 is 27.6. The van der Waals surface area contributed by atoms with Crippen molar-refractivity contribution in [1.82, 2.24) is 0 Å². The predicted molar refractivity (Wildman–Crippen MR) is 128 cm³/mol. The van der Waals surface area contributed by atoms with Crippen LogP contribution in [0.15, 0.2) is 84.9 Å². The number of phenolic OH excluding ortho intramolecular Hbond substituents is 2. The van der Waals surface area contributed by atoms with Gasteiger partial charge < -0.3 is 20.8 Å². The molecule has 0 atom stereocenters. The van der Waals surface area contributed by atoms with Crippen LogP contribution in [0.2, 0.25) is 0 Å². The topological polar surface area (TPSA) is 98.7 Å². The maximum atomic E-state index is 13.8. The van der Waals surface area contributed by atoms with Crippen molar-refractivity contribution in [2.45, 2.75) is 6.42 Å². The summed E-state index contributed by atoms with van der Waals surface area (Å²) in [5.41, 5.74) is 1.30. The zero-order valence-electron chi connectivity index (χ0n) is 18.3. The number of amides is 2. The van der Waals surface area contributed by atoms with Gasteiger partial charge in [0.1, 0.15) is 23.1 Å². The fourth-order valence-electron chi connectivity index (χ4n) is 3.49. The number of carbonyl (C=O) groups is 2. The van der Waals surface area contributed by atoms with Gasteiger partial charge in [0.05, 0.1) is 22.5 Å². The van der Waals surface area contributed by atoms with E-state index < -0.39 is 23.4 Å². The van der Waals surface area contributed by atoms with E-state index in [2.05, 4.69) is 10.6 Å². The summed E-state index contributed by atoms with van der Waals surface area (Å²) in [5, 5.41) is 25.6. The van der Waals surface area contributed by atoms with E-state index in [1.54, 1.807) is 12.1 Å². The summed E-state index contributed by atoms with van der Waals surface area (Å²) >= 11 is 0. The third-order valence-corrected chi connectivity index (χ3v) is 5.27. The highest BCUT2D eigenvalue weighted by Crippen LogP contribution is 2.29. The number of carbonyl (C=O) groups excluding carboxylic acids is 2. The maximum Gasteiger partial charge on any atom is 0.258 e. The van der Waals surface area contributed by atoms with Gasteiger partial charge in [-0.2, -0.15) is 0 Å². The van der Waals surface area contributed by atoms with Crippen molar-refractivity contribution in [1.29, 1.82) is 0 Å². The van der Waals surface area contributed by atoms with Gasteiger partial charge in [-0.1, -0.05) is 36.4 Å². The summed E-state index contributed by atoms with van der Waals surface area (Å²) in [7, 11) is 0. The van der Waals surface area contributed by atoms with Gasteiger partial charge in [0.25, 0.3) is 11.8 Å². The minimum atomic E-state index is -0.691. The normalized spacial score (nSPS) is 10.6. The third-order valence-electron chi connectivity index (χ3n) is 5.27. The molecule has 0 aliphatic rings. The Balaban J connectivity index is 1.44. The first-order chi connectivity index (χ1) is 16.8. The van der Waals surface area contributed by atoms with Gasteiger partial charge >= 0.3 is 0 Å². The Labute approximate surface area is 199 Å². The van der Waals surface area contributed by atoms with E-state index >= 15 is 0 Å². The summed E-state index contributed by atoms with van der Waals surface area (Å²) in [4.78, 5) is 24.6. The maximum absolute atomic E-state index is 13.8. The molecule has 0 aliphatic heterocycles. The van der Waals surface area contributed by atoms with Crippen molar-refractivity contribution in [3.8, 4) is 11.5 Å². The third kappa shape index (κ3) is 5.44. The van der Waals surface area contributed by atoms with Crippen molar-refractivity contribution in [3.63, 3.8) is 0 Å².